The average Bonchev–Trinajstić information content (AvgIpc) is 2.90. The van der Waals surface area contributed by atoms with Crippen molar-refractivity contribution in [2.45, 2.75) is 25.7 Å². The Morgan fingerprint density at radius 2 is 2.11 bits per heavy atom. The summed E-state index contributed by atoms with van der Waals surface area (Å²) >= 11 is 0. The van der Waals surface area contributed by atoms with E-state index in [1.54, 1.807) is 12.0 Å². The van der Waals surface area contributed by atoms with Gasteiger partial charge >= 0.3 is 0 Å². The highest BCUT2D eigenvalue weighted by Gasteiger charge is 2.57. The fourth-order valence-electron chi connectivity index (χ4n) is 3.23. The van der Waals surface area contributed by atoms with Crippen LogP contribution in [0.25, 0.3) is 0 Å². The summed E-state index contributed by atoms with van der Waals surface area (Å²) in [7, 11) is 1.62. The fraction of sp³-hybridized carbons (Fsp3) is 0.846. The molecule has 0 aromatic rings. The van der Waals surface area contributed by atoms with Gasteiger partial charge in [0.1, 0.15) is 5.84 Å². The predicted octanol–water partition coefficient (Wildman–Crippen LogP) is 0.644. The highest BCUT2D eigenvalue weighted by Crippen LogP contribution is 2.58. The predicted molar refractivity (Wildman–Crippen MR) is 70.8 cm³/mol. The van der Waals surface area contributed by atoms with Gasteiger partial charge < -0.3 is 20.6 Å². The van der Waals surface area contributed by atoms with Crippen molar-refractivity contribution in [3.8, 4) is 0 Å². The Labute approximate surface area is 113 Å². The Balaban J connectivity index is 1.87. The minimum absolute atomic E-state index is 0.159. The molecule has 6 nitrogen and oxygen atoms in total. The Bertz CT molecular complexity index is 349. The number of hydrogen-bond donors (Lipinski definition) is 2. The number of nitrogens with zero attached hydrogens (tertiary/aromatic N) is 2. The smallest absolute Gasteiger partial charge is 0.226 e. The van der Waals surface area contributed by atoms with E-state index in [1.165, 1.54) is 19.3 Å². The third-order valence-corrected chi connectivity index (χ3v) is 4.33. The number of carbonyl (C=O) groups is 1. The van der Waals surface area contributed by atoms with Gasteiger partial charge in [-0.1, -0.05) is 11.6 Å². The summed E-state index contributed by atoms with van der Waals surface area (Å²) in [6.07, 6.45) is 4.05. The number of fused-ring (bicyclic) bond motifs is 1. The summed E-state index contributed by atoms with van der Waals surface area (Å²) in [6.45, 7) is 1.59. The van der Waals surface area contributed by atoms with Gasteiger partial charge in [-0.2, -0.15) is 0 Å². The standard InChI is InChI=1S/C13H23N3O3/c1-19-8-7-16(6-5-11(14)15-18)13(17)12-9-3-2-4-10(9)12/h9-10,12,18H,2-8H2,1H3,(H2,14,15). The van der Waals surface area contributed by atoms with Gasteiger partial charge in [0.25, 0.3) is 0 Å². The van der Waals surface area contributed by atoms with Gasteiger partial charge in [-0.05, 0) is 24.7 Å². The zero-order valence-corrected chi connectivity index (χ0v) is 11.4. The van der Waals surface area contributed by atoms with Crippen molar-refractivity contribution in [2.24, 2.45) is 28.6 Å². The third-order valence-electron chi connectivity index (χ3n) is 4.33. The van der Waals surface area contributed by atoms with Crippen LogP contribution < -0.4 is 5.73 Å². The van der Waals surface area contributed by atoms with Gasteiger partial charge in [0.05, 0.1) is 6.61 Å². The molecule has 2 atom stereocenters. The first-order valence-corrected chi connectivity index (χ1v) is 6.93. The largest absolute Gasteiger partial charge is 0.409 e. The van der Waals surface area contributed by atoms with Crippen LogP contribution in [0.3, 0.4) is 0 Å². The van der Waals surface area contributed by atoms with E-state index in [0.717, 1.165) is 0 Å². The average molecular weight is 269 g/mol. The third kappa shape index (κ3) is 3.18. The molecule has 0 heterocycles. The maximum atomic E-state index is 12.5. The highest BCUT2D eigenvalue weighted by atomic mass is 16.5. The van der Waals surface area contributed by atoms with Crippen LogP contribution >= 0.6 is 0 Å². The molecular formula is C13H23N3O3. The number of carbonyl (C=O) groups excluding carboxylic acids is 1. The van der Waals surface area contributed by atoms with Crippen molar-refractivity contribution in [1.29, 1.82) is 0 Å². The Morgan fingerprint density at radius 1 is 1.42 bits per heavy atom. The molecule has 3 N–H and O–H groups in total. The molecular weight excluding hydrogens is 246 g/mol. The van der Waals surface area contributed by atoms with Crippen molar-refractivity contribution in [3.63, 3.8) is 0 Å². The lowest BCUT2D eigenvalue weighted by molar-refractivity contribution is -0.134. The molecule has 0 radical (unpaired) electrons. The molecule has 19 heavy (non-hydrogen) atoms. The van der Waals surface area contributed by atoms with Gasteiger partial charge in [-0.15, -0.1) is 0 Å². The number of rotatable bonds is 7. The van der Waals surface area contributed by atoms with Gasteiger partial charge in [0, 0.05) is 32.5 Å². The van der Waals surface area contributed by atoms with Crippen molar-refractivity contribution < 1.29 is 14.7 Å². The van der Waals surface area contributed by atoms with Crippen LogP contribution in [-0.2, 0) is 9.53 Å². The van der Waals surface area contributed by atoms with Crippen LogP contribution in [-0.4, -0.2) is 48.7 Å². The van der Waals surface area contributed by atoms with Gasteiger partial charge in [0.2, 0.25) is 5.91 Å². The Hall–Kier alpha value is -1.30. The summed E-state index contributed by atoms with van der Waals surface area (Å²) in [4.78, 5) is 14.2. The molecule has 1 amide bonds. The van der Waals surface area contributed by atoms with E-state index in [-0.39, 0.29) is 17.7 Å². The number of hydrogen-bond acceptors (Lipinski definition) is 4. The minimum Gasteiger partial charge on any atom is -0.409 e. The maximum absolute atomic E-state index is 12.5. The Kier molecular flexibility index (Phi) is 4.63. The molecule has 6 heteroatoms. The lowest BCUT2D eigenvalue weighted by Gasteiger charge is -2.23. The zero-order chi connectivity index (χ0) is 13.8. The minimum atomic E-state index is 0.159. The molecule has 0 aliphatic heterocycles. The molecule has 0 aromatic carbocycles. The molecule has 2 fully saturated rings. The van der Waals surface area contributed by atoms with Crippen molar-refractivity contribution in [2.75, 3.05) is 26.8 Å². The van der Waals surface area contributed by atoms with Crippen LogP contribution in [0.4, 0.5) is 0 Å². The second-order valence-electron chi connectivity index (χ2n) is 5.44. The number of amidine groups is 1. The van der Waals surface area contributed by atoms with Gasteiger partial charge in [-0.3, -0.25) is 4.79 Å². The number of ether oxygens (including phenoxy) is 1. The summed E-state index contributed by atoms with van der Waals surface area (Å²) < 4.78 is 5.05. The van der Waals surface area contributed by atoms with Crippen LogP contribution in [0.1, 0.15) is 25.7 Å². The van der Waals surface area contributed by atoms with Crippen molar-refractivity contribution >= 4 is 11.7 Å². The van der Waals surface area contributed by atoms with E-state index < -0.39 is 0 Å². The van der Waals surface area contributed by atoms with Crippen LogP contribution in [0, 0.1) is 17.8 Å². The second-order valence-corrected chi connectivity index (χ2v) is 5.44. The first kappa shape index (κ1) is 14.1. The van der Waals surface area contributed by atoms with Crippen LogP contribution in [0.5, 0.6) is 0 Å². The fourth-order valence-corrected chi connectivity index (χ4v) is 3.23. The molecule has 0 spiro atoms. The molecule has 108 valence electrons. The van der Waals surface area contributed by atoms with Crippen molar-refractivity contribution in [1.82, 2.24) is 4.90 Å². The van der Waals surface area contributed by atoms with E-state index >= 15 is 0 Å². The summed E-state index contributed by atoms with van der Waals surface area (Å²) in [5.74, 6) is 1.82. The van der Waals surface area contributed by atoms with E-state index in [1.807, 2.05) is 0 Å². The summed E-state index contributed by atoms with van der Waals surface area (Å²) in [5.41, 5.74) is 5.46. The van der Waals surface area contributed by atoms with E-state index in [0.29, 0.717) is 38.0 Å². The van der Waals surface area contributed by atoms with E-state index in [2.05, 4.69) is 5.16 Å². The molecule has 2 rings (SSSR count). The quantitative estimate of drug-likeness (QED) is 0.307. The normalized spacial score (nSPS) is 29.1. The SMILES string of the molecule is COCCN(CCC(N)=NO)C(=O)C1C2CCCC21. The second kappa shape index (κ2) is 6.23. The first-order chi connectivity index (χ1) is 9.19. The monoisotopic (exact) mass is 269 g/mol. The van der Waals surface area contributed by atoms with Gasteiger partial charge in [-0.25, -0.2) is 0 Å². The van der Waals surface area contributed by atoms with Gasteiger partial charge in [0.15, 0.2) is 0 Å². The van der Waals surface area contributed by atoms with Crippen LogP contribution in [0.15, 0.2) is 5.16 Å². The lowest BCUT2D eigenvalue weighted by Crippen LogP contribution is -2.38. The zero-order valence-electron chi connectivity index (χ0n) is 11.4. The molecule has 2 aliphatic carbocycles. The first-order valence-electron chi connectivity index (χ1n) is 6.93. The number of nitrogens with two attached hydrogens (primary N) is 1. The molecule has 0 bridgehead atoms. The number of amides is 1. The molecule has 2 saturated carbocycles. The van der Waals surface area contributed by atoms with Crippen molar-refractivity contribution in [3.05, 3.63) is 0 Å². The number of oxime groups is 1. The maximum Gasteiger partial charge on any atom is 0.226 e. The molecule has 2 aliphatic rings. The topological polar surface area (TPSA) is 88.2 Å². The number of methoxy groups -OCH3 is 1. The highest BCUT2D eigenvalue weighted by molar-refractivity contribution is 5.84. The van der Waals surface area contributed by atoms with E-state index in [9.17, 15) is 4.79 Å². The lowest BCUT2D eigenvalue weighted by atomic mass is 10.1. The Morgan fingerprint density at radius 3 is 2.68 bits per heavy atom. The summed E-state index contributed by atoms with van der Waals surface area (Å²) in [6, 6.07) is 0. The molecule has 0 aromatic heterocycles. The molecule has 2 unspecified atom stereocenters. The summed E-state index contributed by atoms with van der Waals surface area (Å²) in [5, 5.41) is 11.5. The van der Waals surface area contributed by atoms with E-state index in [4.69, 9.17) is 15.7 Å². The molecule has 0 saturated heterocycles. The van der Waals surface area contributed by atoms with Crippen LogP contribution in [0.2, 0.25) is 0 Å².